The molecule has 0 aromatic heterocycles. The average molecular weight is 322 g/mol. The van der Waals surface area contributed by atoms with E-state index in [0.717, 1.165) is 24.5 Å². The molecule has 2 aromatic rings. The lowest BCUT2D eigenvalue weighted by Crippen LogP contribution is -2.47. The van der Waals surface area contributed by atoms with Crippen LogP contribution in [0.2, 0.25) is 0 Å². The van der Waals surface area contributed by atoms with Gasteiger partial charge in [-0.1, -0.05) is 0 Å². The fourth-order valence-corrected chi connectivity index (χ4v) is 4.36. The van der Waals surface area contributed by atoms with Gasteiger partial charge in [0.25, 0.3) is 0 Å². The van der Waals surface area contributed by atoms with Crippen molar-refractivity contribution in [2.45, 2.75) is 37.8 Å². The van der Waals surface area contributed by atoms with Crippen molar-refractivity contribution in [3.63, 3.8) is 0 Å². The zero-order valence-corrected chi connectivity index (χ0v) is 14.1. The Hall–Kier alpha value is -2.20. The highest BCUT2D eigenvalue weighted by Gasteiger charge is 2.45. The third-order valence-corrected chi connectivity index (χ3v) is 5.49. The van der Waals surface area contributed by atoms with Crippen molar-refractivity contribution in [1.29, 1.82) is 0 Å². The number of hydrogen-bond donors (Lipinski definition) is 2. The van der Waals surface area contributed by atoms with Crippen molar-refractivity contribution < 1.29 is 0 Å². The number of nitrogen functional groups attached to an aromatic ring is 2. The smallest absolute Gasteiger partial charge is 0.181 e. The van der Waals surface area contributed by atoms with Gasteiger partial charge >= 0.3 is 0 Å². The van der Waals surface area contributed by atoms with Crippen LogP contribution in [0, 0.1) is 0 Å². The van der Waals surface area contributed by atoms with Crippen molar-refractivity contribution in [1.82, 2.24) is 4.90 Å². The summed E-state index contributed by atoms with van der Waals surface area (Å²) in [6.07, 6.45) is 5.06. The molecule has 0 amide bonds. The molecule has 2 atom stereocenters. The number of nitrogens with two attached hydrogens (primary N) is 2. The highest BCUT2D eigenvalue weighted by Crippen LogP contribution is 2.35. The summed E-state index contributed by atoms with van der Waals surface area (Å²) in [6.45, 7) is 2.28. The Morgan fingerprint density at radius 3 is 2.21 bits per heavy atom. The Morgan fingerprint density at radius 2 is 1.50 bits per heavy atom. The molecule has 125 valence electrons. The Balaban J connectivity index is 1.58. The van der Waals surface area contributed by atoms with Crippen molar-refractivity contribution in [2.75, 3.05) is 29.5 Å². The summed E-state index contributed by atoms with van der Waals surface area (Å²) in [7, 11) is 0. The van der Waals surface area contributed by atoms with Crippen LogP contribution in [0.15, 0.2) is 48.5 Å². The lowest BCUT2D eigenvalue weighted by molar-refractivity contribution is 0.408. The molecule has 2 aliphatic heterocycles. The maximum atomic E-state index is 5.86. The Bertz CT molecular complexity index is 618. The van der Waals surface area contributed by atoms with Gasteiger partial charge in [0.2, 0.25) is 0 Å². The third-order valence-electron chi connectivity index (χ3n) is 5.49. The van der Waals surface area contributed by atoms with Gasteiger partial charge in [-0.3, -0.25) is 0 Å². The standard InChI is InChI=1S/C20H26N4/c21-15-5-9-17(10-6-15)23-13-1-3-19(23)20-4-2-14-24(20)18-11-7-16(22)8-12-18/h5-12,19-20H,1-4,13-14,21-22H2/q+1. The fourth-order valence-electron chi connectivity index (χ4n) is 4.36. The molecule has 1 radical (unpaired) electrons. The van der Waals surface area contributed by atoms with Crippen molar-refractivity contribution in [2.24, 2.45) is 0 Å². The fraction of sp³-hybridized carbons (Fsp3) is 0.400. The molecule has 4 N–H and O–H groups in total. The molecule has 2 heterocycles. The molecule has 4 rings (SSSR count). The van der Waals surface area contributed by atoms with Gasteiger partial charge in [0, 0.05) is 48.6 Å². The van der Waals surface area contributed by atoms with Crippen LogP contribution in [0.5, 0.6) is 0 Å². The molecule has 0 saturated carbocycles. The summed E-state index contributed by atoms with van der Waals surface area (Å²) >= 11 is 0. The molecule has 4 nitrogen and oxygen atoms in total. The lowest BCUT2D eigenvalue weighted by Gasteiger charge is -2.30. The average Bonchev–Trinajstić information content (AvgIpc) is 3.25. The minimum absolute atomic E-state index is 0.577. The zero-order chi connectivity index (χ0) is 16.5. The van der Waals surface area contributed by atoms with Crippen LogP contribution in [0.3, 0.4) is 0 Å². The topological polar surface area (TPSA) is 61.2 Å². The molecule has 2 aromatic carbocycles. The first-order valence-electron chi connectivity index (χ1n) is 8.97. The Labute approximate surface area is 144 Å². The minimum atomic E-state index is 0.577. The number of benzene rings is 2. The normalized spacial score (nSPS) is 24.6. The van der Waals surface area contributed by atoms with Crippen LogP contribution in [-0.2, 0) is 0 Å². The van der Waals surface area contributed by atoms with E-state index in [0.29, 0.717) is 12.1 Å². The summed E-state index contributed by atoms with van der Waals surface area (Å²) in [6, 6.07) is 17.9. The molecule has 24 heavy (non-hydrogen) atoms. The molecule has 0 spiro atoms. The van der Waals surface area contributed by atoms with E-state index in [4.69, 9.17) is 11.5 Å². The summed E-state index contributed by atoms with van der Waals surface area (Å²) in [4.78, 5) is 5.17. The van der Waals surface area contributed by atoms with E-state index in [9.17, 15) is 0 Å². The van der Waals surface area contributed by atoms with Crippen LogP contribution in [0.25, 0.3) is 0 Å². The van der Waals surface area contributed by atoms with Crippen molar-refractivity contribution in [3.05, 3.63) is 48.5 Å². The summed E-state index contributed by atoms with van der Waals surface area (Å²) in [5.74, 6) is 0. The monoisotopic (exact) mass is 322 g/mol. The van der Waals surface area contributed by atoms with Gasteiger partial charge in [0.15, 0.2) is 11.7 Å². The molecule has 2 unspecified atom stereocenters. The van der Waals surface area contributed by atoms with Gasteiger partial charge in [0.1, 0.15) is 6.54 Å². The van der Waals surface area contributed by atoms with E-state index in [2.05, 4.69) is 34.1 Å². The quantitative estimate of drug-likeness (QED) is 0.672. The SMILES string of the molecule is Nc1ccc(N2CCCC2C2CCC[N+]2c2ccc(N)cc2)cc1. The zero-order valence-electron chi connectivity index (χ0n) is 14.1. The van der Waals surface area contributed by atoms with E-state index in [1.807, 2.05) is 24.3 Å². The molecule has 0 bridgehead atoms. The summed E-state index contributed by atoms with van der Waals surface area (Å²) < 4.78 is 0. The Morgan fingerprint density at radius 1 is 0.833 bits per heavy atom. The molecule has 4 heteroatoms. The third kappa shape index (κ3) is 2.82. The van der Waals surface area contributed by atoms with Crippen molar-refractivity contribution in [3.8, 4) is 0 Å². The summed E-state index contributed by atoms with van der Waals surface area (Å²) in [5.41, 5.74) is 16.0. The number of nitrogens with zero attached hydrogens (tertiary/aromatic N) is 2. The molecule has 2 aliphatic rings. The first-order valence-corrected chi connectivity index (χ1v) is 8.97. The minimum Gasteiger partial charge on any atom is -0.399 e. The van der Waals surface area contributed by atoms with Crippen LogP contribution in [0.1, 0.15) is 25.7 Å². The predicted octanol–water partition coefficient (Wildman–Crippen LogP) is 3.45. The molecule has 2 fully saturated rings. The second kappa shape index (κ2) is 6.36. The molecular formula is C20H26N4+. The maximum absolute atomic E-state index is 5.86. The van der Waals surface area contributed by atoms with Gasteiger partial charge < -0.3 is 16.4 Å². The lowest BCUT2D eigenvalue weighted by atomic mass is 10.0. The van der Waals surface area contributed by atoms with Crippen LogP contribution in [0.4, 0.5) is 22.7 Å². The summed E-state index contributed by atoms with van der Waals surface area (Å²) in [5, 5.41) is 0. The number of anilines is 4. The number of rotatable bonds is 3. The number of hydrogen-bond acceptors (Lipinski definition) is 4. The highest BCUT2D eigenvalue weighted by atomic mass is 15.3. The first-order chi connectivity index (χ1) is 11.7. The van der Waals surface area contributed by atoms with Gasteiger partial charge in [-0.2, -0.15) is 0 Å². The molecular weight excluding hydrogens is 296 g/mol. The second-order valence-corrected chi connectivity index (χ2v) is 6.99. The Kier molecular flexibility index (Phi) is 4.07. The second-order valence-electron chi connectivity index (χ2n) is 6.99. The molecule has 2 saturated heterocycles. The van der Waals surface area contributed by atoms with E-state index in [1.165, 1.54) is 37.1 Å². The highest BCUT2D eigenvalue weighted by molar-refractivity contribution is 5.55. The van der Waals surface area contributed by atoms with E-state index in [-0.39, 0.29) is 0 Å². The molecule has 0 aliphatic carbocycles. The predicted molar refractivity (Wildman–Crippen MR) is 102 cm³/mol. The van der Waals surface area contributed by atoms with Gasteiger partial charge in [-0.15, -0.1) is 4.90 Å². The maximum Gasteiger partial charge on any atom is 0.181 e. The van der Waals surface area contributed by atoms with Gasteiger partial charge in [0.05, 0.1) is 6.04 Å². The van der Waals surface area contributed by atoms with Gasteiger partial charge in [-0.05, 0) is 49.2 Å². The largest absolute Gasteiger partial charge is 0.399 e. The van der Waals surface area contributed by atoms with Crippen LogP contribution < -0.4 is 21.3 Å². The van der Waals surface area contributed by atoms with Crippen LogP contribution in [-0.4, -0.2) is 25.2 Å². The first kappa shape index (κ1) is 15.3. The van der Waals surface area contributed by atoms with E-state index < -0.39 is 0 Å². The van der Waals surface area contributed by atoms with E-state index >= 15 is 0 Å². The van der Waals surface area contributed by atoms with E-state index in [1.54, 1.807) is 0 Å². The van der Waals surface area contributed by atoms with Gasteiger partial charge in [-0.25, -0.2) is 0 Å². The van der Waals surface area contributed by atoms with Crippen molar-refractivity contribution >= 4 is 22.7 Å². The van der Waals surface area contributed by atoms with Crippen LogP contribution >= 0.6 is 0 Å².